The Labute approximate surface area is 213 Å². The number of unbranched alkanes of at least 4 members (excludes halogenated alkanes) is 1. The quantitative estimate of drug-likeness (QED) is 0.176. The van der Waals surface area contributed by atoms with Gasteiger partial charge in [0.15, 0.2) is 5.13 Å². The number of benzene rings is 2. The number of nitrogen functional groups attached to an aromatic ring is 1. The van der Waals surface area contributed by atoms with Crippen molar-refractivity contribution in [3.05, 3.63) is 65.5 Å². The van der Waals surface area contributed by atoms with Gasteiger partial charge in [0.2, 0.25) is 5.91 Å². The predicted octanol–water partition coefficient (Wildman–Crippen LogP) is 2.59. The second-order valence-electron chi connectivity index (χ2n) is 7.84. The number of nitrogens with zero attached hydrogens (tertiary/aromatic N) is 1. The summed E-state index contributed by atoms with van der Waals surface area (Å²) in [4.78, 5) is 29.8. The molecule has 1 aromatic heterocycles. The monoisotopic (exact) mass is 532 g/mol. The van der Waals surface area contributed by atoms with E-state index in [0.717, 1.165) is 16.8 Å². The molecule has 36 heavy (non-hydrogen) atoms. The molecular formula is C23H28N6O5S2. The van der Waals surface area contributed by atoms with E-state index in [1.54, 1.807) is 24.3 Å². The second kappa shape index (κ2) is 13.0. The first-order chi connectivity index (χ1) is 17.2. The van der Waals surface area contributed by atoms with Crippen LogP contribution in [0.4, 0.5) is 15.6 Å². The van der Waals surface area contributed by atoms with Crippen molar-refractivity contribution in [2.75, 3.05) is 17.6 Å². The first-order valence-electron chi connectivity index (χ1n) is 11.1. The number of anilines is 2. The average molecular weight is 533 g/mol. The molecule has 13 heteroatoms. The van der Waals surface area contributed by atoms with E-state index in [-0.39, 0.29) is 19.6 Å². The third-order valence-corrected chi connectivity index (χ3v) is 6.35. The van der Waals surface area contributed by atoms with E-state index in [4.69, 9.17) is 15.6 Å². The lowest BCUT2D eigenvalue weighted by Gasteiger charge is -2.18. The molecule has 11 nitrogen and oxygen atoms in total. The van der Waals surface area contributed by atoms with Gasteiger partial charge < -0.3 is 21.1 Å². The fourth-order valence-electron chi connectivity index (χ4n) is 3.17. The molecule has 192 valence electrons. The molecule has 3 aromatic rings. The van der Waals surface area contributed by atoms with Crippen molar-refractivity contribution in [3.63, 3.8) is 0 Å². The molecule has 0 saturated heterocycles. The van der Waals surface area contributed by atoms with Crippen LogP contribution in [0.2, 0.25) is 0 Å². The van der Waals surface area contributed by atoms with Crippen LogP contribution in [0.25, 0.3) is 11.3 Å². The number of hydrogen-bond acceptors (Lipinski definition) is 8. The van der Waals surface area contributed by atoms with Gasteiger partial charge in [-0.3, -0.25) is 4.79 Å². The standard InChI is InChI=1S/C23H28N6O5S2/c24-18-11-9-16(10-12-18)14-34-23(31)28-19(8-4-5-13-26-36(25,32)33)21(30)29-22-27-20(15-35-22)17-6-2-1-3-7-17/h1-3,6-7,9-12,15,19,26H,4-5,8,13-14,24H2,(H,28,31)(H2,25,32,33)(H,27,29,30)/t19-/m0/s1. The molecule has 7 N–H and O–H groups in total. The summed E-state index contributed by atoms with van der Waals surface area (Å²) in [6.07, 6.45) is 0.328. The fourth-order valence-corrected chi connectivity index (χ4v) is 4.32. The highest BCUT2D eigenvalue weighted by molar-refractivity contribution is 7.87. The summed E-state index contributed by atoms with van der Waals surface area (Å²) in [5, 5.41) is 12.4. The second-order valence-corrected chi connectivity index (χ2v) is 10.1. The van der Waals surface area contributed by atoms with Crippen molar-refractivity contribution in [2.45, 2.75) is 31.9 Å². The highest BCUT2D eigenvalue weighted by atomic mass is 32.2. The first kappa shape index (κ1) is 27.1. The normalized spacial score (nSPS) is 12.0. The average Bonchev–Trinajstić information content (AvgIpc) is 3.31. The van der Waals surface area contributed by atoms with E-state index in [1.807, 2.05) is 35.7 Å². The van der Waals surface area contributed by atoms with Crippen LogP contribution in [0.15, 0.2) is 60.0 Å². The van der Waals surface area contributed by atoms with Gasteiger partial charge in [-0.2, -0.15) is 8.42 Å². The maximum Gasteiger partial charge on any atom is 0.408 e. The van der Waals surface area contributed by atoms with Gasteiger partial charge in [0.05, 0.1) is 5.69 Å². The minimum Gasteiger partial charge on any atom is -0.445 e. The molecule has 1 atom stereocenters. The fraction of sp³-hybridized carbons (Fsp3) is 0.261. The molecule has 0 aliphatic rings. The zero-order valence-corrected chi connectivity index (χ0v) is 21.0. The zero-order chi connectivity index (χ0) is 26.0. The van der Waals surface area contributed by atoms with Crippen molar-refractivity contribution >= 4 is 44.4 Å². The predicted molar refractivity (Wildman–Crippen MR) is 139 cm³/mol. The lowest BCUT2D eigenvalue weighted by Crippen LogP contribution is -2.44. The number of nitrogens with two attached hydrogens (primary N) is 2. The highest BCUT2D eigenvalue weighted by Crippen LogP contribution is 2.24. The van der Waals surface area contributed by atoms with Crippen molar-refractivity contribution < 1.29 is 22.7 Å². The van der Waals surface area contributed by atoms with Crippen LogP contribution in [-0.4, -0.2) is 38.0 Å². The summed E-state index contributed by atoms with van der Waals surface area (Å²) in [6, 6.07) is 15.5. The largest absolute Gasteiger partial charge is 0.445 e. The van der Waals surface area contributed by atoms with E-state index in [0.29, 0.717) is 23.7 Å². The Bertz CT molecular complexity index is 1250. The van der Waals surface area contributed by atoms with Gasteiger partial charge in [0.25, 0.3) is 10.2 Å². The van der Waals surface area contributed by atoms with Crippen molar-refractivity contribution in [2.24, 2.45) is 5.14 Å². The lowest BCUT2D eigenvalue weighted by atomic mass is 10.1. The molecule has 0 spiro atoms. The Morgan fingerprint density at radius 3 is 2.47 bits per heavy atom. The SMILES string of the molecule is Nc1ccc(COC(=O)N[C@@H](CCCCNS(N)(=O)=O)C(=O)Nc2nc(-c3ccccc3)cs2)cc1. The van der Waals surface area contributed by atoms with Crippen LogP contribution < -0.4 is 26.2 Å². The van der Waals surface area contributed by atoms with Crippen LogP contribution in [0.5, 0.6) is 0 Å². The maximum absolute atomic E-state index is 13.0. The van der Waals surface area contributed by atoms with Gasteiger partial charge in [-0.1, -0.05) is 42.5 Å². The van der Waals surface area contributed by atoms with Crippen molar-refractivity contribution in [3.8, 4) is 11.3 Å². The summed E-state index contributed by atoms with van der Waals surface area (Å²) in [5.74, 6) is -0.465. The number of rotatable bonds is 12. The molecule has 0 saturated carbocycles. The third kappa shape index (κ3) is 9.26. The molecule has 2 aromatic carbocycles. The Morgan fingerprint density at radius 1 is 1.06 bits per heavy atom. The molecule has 0 bridgehead atoms. The summed E-state index contributed by atoms with van der Waals surface area (Å²) in [5.41, 5.74) is 8.63. The zero-order valence-electron chi connectivity index (χ0n) is 19.3. The summed E-state index contributed by atoms with van der Waals surface area (Å²) in [7, 11) is -3.79. The Morgan fingerprint density at radius 2 is 1.78 bits per heavy atom. The molecule has 0 fully saturated rings. The van der Waals surface area contributed by atoms with E-state index in [2.05, 4.69) is 20.3 Å². The van der Waals surface area contributed by atoms with Crippen LogP contribution in [0, 0.1) is 0 Å². The molecule has 2 amide bonds. The number of amides is 2. The van der Waals surface area contributed by atoms with E-state index in [9.17, 15) is 18.0 Å². The summed E-state index contributed by atoms with van der Waals surface area (Å²) in [6.45, 7) is 0.118. The van der Waals surface area contributed by atoms with Crippen LogP contribution in [0.3, 0.4) is 0 Å². The minimum absolute atomic E-state index is 0.00560. The van der Waals surface area contributed by atoms with Crippen molar-refractivity contribution in [1.29, 1.82) is 0 Å². The Kier molecular flexibility index (Phi) is 9.76. The summed E-state index contributed by atoms with van der Waals surface area (Å²) >= 11 is 1.26. The van der Waals surface area contributed by atoms with Crippen LogP contribution in [-0.2, 0) is 26.3 Å². The number of thiazole rings is 1. The third-order valence-electron chi connectivity index (χ3n) is 4.98. The number of nitrogens with one attached hydrogen (secondary N) is 3. The first-order valence-corrected chi connectivity index (χ1v) is 13.5. The highest BCUT2D eigenvalue weighted by Gasteiger charge is 2.22. The number of ether oxygens (including phenoxy) is 1. The van der Waals surface area contributed by atoms with Gasteiger partial charge in [-0.05, 0) is 37.0 Å². The Balaban J connectivity index is 1.59. The molecule has 0 aliphatic heterocycles. The van der Waals surface area contributed by atoms with E-state index < -0.39 is 28.3 Å². The number of hydrogen-bond donors (Lipinski definition) is 5. The van der Waals surface area contributed by atoms with Gasteiger partial charge >= 0.3 is 6.09 Å². The van der Waals surface area contributed by atoms with E-state index >= 15 is 0 Å². The van der Waals surface area contributed by atoms with Gasteiger partial charge in [0, 0.05) is 23.2 Å². The van der Waals surface area contributed by atoms with Crippen molar-refractivity contribution in [1.82, 2.24) is 15.0 Å². The Hall–Kier alpha value is -3.52. The van der Waals surface area contributed by atoms with Crippen LogP contribution >= 0.6 is 11.3 Å². The number of carbonyl (C=O) groups is 2. The number of alkyl carbamates (subject to hydrolysis) is 1. The molecule has 0 radical (unpaired) electrons. The number of aromatic nitrogens is 1. The van der Waals surface area contributed by atoms with E-state index in [1.165, 1.54) is 11.3 Å². The molecule has 3 rings (SSSR count). The topological polar surface area (TPSA) is 179 Å². The van der Waals surface area contributed by atoms with Gasteiger partial charge in [0.1, 0.15) is 12.6 Å². The molecule has 1 heterocycles. The number of carbonyl (C=O) groups excluding carboxylic acids is 2. The lowest BCUT2D eigenvalue weighted by molar-refractivity contribution is -0.118. The van der Waals surface area contributed by atoms with Crippen LogP contribution in [0.1, 0.15) is 24.8 Å². The maximum atomic E-state index is 13.0. The summed E-state index contributed by atoms with van der Waals surface area (Å²) < 4.78 is 29.5. The molecule has 0 aliphatic carbocycles. The van der Waals surface area contributed by atoms with Gasteiger partial charge in [-0.15, -0.1) is 11.3 Å². The minimum atomic E-state index is -3.79. The molecular weight excluding hydrogens is 504 g/mol. The van der Waals surface area contributed by atoms with Gasteiger partial charge in [-0.25, -0.2) is 19.6 Å². The smallest absolute Gasteiger partial charge is 0.408 e. The molecule has 0 unspecified atom stereocenters.